The van der Waals surface area contributed by atoms with E-state index in [1.165, 1.54) is 0 Å². The second kappa shape index (κ2) is 9.22. The summed E-state index contributed by atoms with van der Waals surface area (Å²) in [6, 6.07) is 14.5. The van der Waals surface area contributed by atoms with Gasteiger partial charge in [0.05, 0.1) is 0 Å². The average molecular weight is 446 g/mol. The van der Waals surface area contributed by atoms with Crippen LogP contribution in [0.25, 0.3) is 0 Å². The number of hydrogen-bond acceptors (Lipinski definition) is 3. The quantitative estimate of drug-likeness (QED) is 0.642. The Bertz CT molecular complexity index is 1110. The van der Waals surface area contributed by atoms with Gasteiger partial charge >= 0.3 is 6.03 Å². The van der Waals surface area contributed by atoms with E-state index in [0.717, 1.165) is 47.4 Å². The number of allylic oxidation sites excluding steroid dienone is 2. The Labute approximate surface area is 195 Å². The highest BCUT2D eigenvalue weighted by atomic mass is 16.2. The SMILES string of the molecule is CCCN(C(=O)CN1C(=O)N[C@@](c2ccccc2)(c2ccc(C)c(C)c2)C1=O)C1=CCCC1. The summed E-state index contributed by atoms with van der Waals surface area (Å²) in [6.07, 6.45) is 5.72. The number of imide groups is 1. The third-order valence-electron chi connectivity index (χ3n) is 6.66. The minimum atomic E-state index is -1.36. The molecule has 6 heteroatoms. The Hall–Kier alpha value is -3.41. The van der Waals surface area contributed by atoms with E-state index in [0.29, 0.717) is 17.7 Å². The van der Waals surface area contributed by atoms with Gasteiger partial charge in [-0.25, -0.2) is 4.79 Å². The summed E-state index contributed by atoms with van der Waals surface area (Å²) in [6.45, 7) is 6.31. The predicted molar refractivity (Wildman–Crippen MR) is 127 cm³/mol. The largest absolute Gasteiger partial charge is 0.326 e. The first-order valence-electron chi connectivity index (χ1n) is 11.6. The van der Waals surface area contributed by atoms with Crippen LogP contribution < -0.4 is 5.32 Å². The lowest BCUT2D eigenvalue weighted by molar-refractivity contribution is -0.137. The first kappa shape index (κ1) is 22.8. The summed E-state index contributed by atoms with van der Waals surface area (Å²) in [5, 5.41) is 2.94. The number of amides is 4. The van der Waals surface area contributed by atoms with Crippen molar-refractivity contribution in [3.8, 4) is 0 Å². The Balaban J connectivity index is 1.71. The summed E-state index contributed by atoms with van der Waals surface area (Å²) < 4.78 is 0. The van der Waals surface area contributed by atoms with E-state index < -0.39 is 17.5 Å². The lowest BCUT2D eigenvalue weighted by atomic mass is 9.81. The van der Waals surface area contributed by atoms with Crippen molar-refractivity contribution in [1.82, 2.24) is 15.1 Å². The van der Waals surface area contributed by atoms with Gasteiger partial charge in [-0.15, -0.1) is 0 Å². The average Bonchev–Trinajstić information content (AvgIpc) is 3.43. The van der Waals surface area contributed by atoms with Crippen molar-refractivity contribution in [3.05, 3.63) is 82.6 Å². The number of carbonyl (C=O) groups excluding carboxylic acids is 3. The molecule has 2 aliphatic rings. The van der Waals surface area contributed by atoms with Crippen LogP contribution in [0.4, 0.5) is 4.79 Å². The smallest absolute Gasteiger partial charge is 0.315 e. The van der Waals surface area contributed by atoms with E-state index in [4.69, 9.17) is 0 Å². The molecule has 0 aromatic heterocycles. The van der Waals surface area contributed by atoms with Crippen LogP contribution in [0, 0.1) is 13.8 Å². The normalized spacial score (nSPS) is 20.1. The molecule has 0 spiro atoms. The third kappa shape index (κ3) is 4.06. The summed E-state index contributed by atoms with van der Waals surface area (Å²) in [7, 11) is 0. The number of hydrogen-bond donors (Lipinski definition) is 1. The van der Waals surface area contributed by atoms with Crippen LogP contribution in [-0.2, 0) is 15.1 Å². The van der Waals surface area contributed by atoms with Gasteiger partial charge in [0, 0.05) is 12.2 Å². The van der Waals surface area contributed by atoms with Gasteiger partial charge in [0.25, 0.3) is 5.91 Å². The number of urea groups is 1. The topological polar surface area (TPSA) is 69.7 Å². The molecule has 1 fully saturated rings. The van der Waals surface area contributed by atoms with Crippen LogP contribution >= 0.6 is 0 Å². The van der Waals surface area contributed by atoms with Crippen LogP contribution in [0.3, 0.4) is 0 Å². The molecule has 33 heavy (non-hydrogen) atoms. The molecule has 1 aliphatic carbocycles. The second-order valence-corrected chi connectivity index (χ2v) is 8.87. The molecule has 1 N–H and O–H groups in total. The fourth-order valence-corrected chi connectivity index (χ4v) is 4.71. The highest BCUT2D eigenvalue weighted by Gasteiger charge is 2.54. The highest BCUT2D eigenvalue weighted by Crippen LogP contribution is 2.37. The Kier molecular flexibility index (Phi) is 6.36. The van der Waals surface area contributed by atoms with Crippen LogP contribution in [0.1, 0.15) is 54.9 Å². The minimum absolute atomic E-state index is 0.225. The second-order valence-electron chi connectivity index (χ2n) is 8.87. The molecule has 2 aromatic rings. The third-order valence-corrected chi connectivity index (χ3v) is 6.66. The van der Waals surface area contributed by atoms with Gasteiger partial charge in [0.1, 0.15) is 6.54 Å². The van der Waals surface area contributed by atoms with E-state index in [1.807, 2.05) is 69.3 Å². The first-order valence-corrected chi connectivity index (χ1v) is 11.6. The van der Waals surface area contributed by atoms with Gasteiger partial charge in [-0.1, -0.05) is 61.5 Å². The molecular weight excluding hydrogens is 414 g/mol. The van der Waals surface area contributed by atoms with Crippen molar-refractivity contribution < 1.29 is 14.4 Å². The zero-order valence-electron chi connectivity index (χ0n) is 19.6. The molecule has 1 saturated heterocycles. The number of carbonyl (C=O) groups is 3. The summed E-state index contributed by atoms with van der Waals surface area (Å²) in [5.74, 6) is -0.649. The molecule has 0 bridgehead atoms. The fraction of sp³-hybridized carbons (Fsp3) is 0.370. The van der Waals surface area contributed by atoms with Crippen molar-refractivity contribution in [2.45, 2.75) is 52.0 Å². The van der Waals surface area contributed by atoms with Gasteiger partial charge in [-0.05, 0) is 61.8 Å². The van der Waals surface area contributed by atoms with Gasteiger partial charge in [0.15, 0.2) is 5.54 Å². The van der Waals surface area contributed by atoms with E-state index >= 15 is 0 Å². The predicted octanol–water partition coefficient (Wildman–Crippen LogP) is 4.41. The molecule has 0 unspecified atom stereocenters. The molecule has 1 heterocycles. The van der Waals surface area contributed by atoms with Crippen molar-refractivity contribution >= 4 is 17.8 Å². The molecule has 4 rings (SSSR count). The van der Waals surface area contributed by atoms with E-state index in [1.54, 1.807) is 4.90 Å². The zero-order valence-corrected chi connectivity index (χ0v) is 19.6. The van der Waals surface area contributed by atoms with Crippen LogP contribution in [-0.4, -0.2) is 40.7 Å². The molecule has 2 aromatic carbocycles. The number of benzene rings is 2. The molecular formula is C27H31N3O3. The van der Waals surface area contributed by atoms with Crippen molar-refractivity contribution in [3.63, 3.8) is 0 Å². The summed E-state index contributed by atoms with van der Waals surface area (Å²) in [5.41, 5.74) is 3.13. The fourth-order valence-electron chi connectivity index (χ4n) is 4.71. The maximum Gasteiger partial charge on any atom is 0.326 e. The highest BCUT2D eigenvalue weighted by molar-refractivity contribution is 6.11. The number of nitrogens with one attached hydrogen (secondary N) is 1. The molecule has 0 saturated carbocycles. The molecule has 0 radical (unpaired) electrons. The monoisotopic (exact) mass is 445 g/mol. The van der Waals surface area contributed by atoms with Crippen molar-refractivity contribution in [1.29, 1.82) is 0 Å². The number of aryl methyl sites for hydroxylation is 2. The molecule has 6 nitrogen and oxygen atoms in total. The van der Waals surface area contributed by atoms with E-state index in [2.05, 4.69) is 11.4 Å². The molecule has 1 atom stereocenters. The lowest BCUT2D eigenvalue weighted by Crippen LogP contribution is -2.46. The lowest BCUT2D eigenvalue weighted by Gasteiger charge is -2.29. The van der Waals surface area contributed by atoms with Gasteiger partial charge in [-0.3, -0.25) is 14.5 Å². The molecule has 172 valence electrons. The Morgan fingerprint density at radius 1 is 1.06 bits per heavy atom. The van der Waals surface area contributed by atoms with E-state index in [-0.39, 0.29) is 12.5 Å². The van der Waals surface area contributed by atoms with Gasteiger partial charge < -0.3 is 10.2 Å². The van der Waals surface area contributed by atoms with Crippen molar-refractivity contribution in [2.24, 2.45) is 0 Å². The van der Waals surface area contributed by atoms with Crippen molar-refractivity contribution in [2.75, 3.05) is 13.1 Å². The summed E-state index contributed by atoms with van der Waals surface area (Å²) in [4.78, 5) is 43.1. The minimum Gasteiger partial charge on any atom is -0.315 e. The molecule has 4 amide bonds. The first-order chi connectivity index (χ1) is 15.9. The number of rotatable bonds is 7. The number of nitrogens with zero attached hydrogens (tertiary/aromatic N) is 2. The maximum atomic E-state index is 13.9. The van der Waals surface area contributed by atoms with Crippen LogP contribution in [0.2, 0.25) is 0 Å². The van der Waals surface area contributed by atoms with E-state index in [9.17, 15) is 14.4 Å². The Morgan fingerprint density at radius 3 is 2.45 bits per heavy atom. The standard InChI is InChI=1S/C27H31N3O3/c1-4-16-29(23-12-8-9-13-23)24(31)18-30-25(32)27(28-26(30)33,21-10-6-5-7-11-21)22-15-14-19(2)20(3)17-22/h5-7,10-12,14-15,17H,4,8-9,13,16,18H2,1-3H3,(H,28,33)/t27-/m0/s1. The van der Waals surface area contributed by atoms with Crippen LogP contribution in [0.5, 0.6) is 0 Å². The maximum absolute atomic E-state index is 13.9. The van der Waals surface area contributed by atoms with Gasteiger partial charge in [0.2, 0.25) is 5.91 Å². The molecule has 1 aliphatic heterocycles. The Morgan fingerprint density at radius 2 is 1.82 bits per heavy atom. The summed E-state index contributed by atoms with van der Waals surface area (Å²) >= 11 is 0. The van der Waals surface area contributed by atoms with Crippen LogP contribution in [0.15, 0.2) is 60.3 Å². The van der Waals surface area contributed by atoms with Gasteiger partial charge in [-0.2, -0.15) is 0 Å². The zero-order chi connectivity index (χ0) is 23.6.